The third kappa shape index (κ3) is 2.65. The molecule has 0 radical (unpaired) electrons. The van der Waals surface area contributed by atoms with E-state index in [1.54, 1.807) is 25.3 Å². The third-order valence-electron chi connectivity index (χ3n) is 3.49. The van der Waals surface area contributed by atoms with E-state index < -0.39 is 0 Å². The molecule has 112 valence electrons. The molecule has 0 fully saturated rings. The van der Waals surface area contributed by atoms with Crippen molar-refractivity contribution >= 4 is 23.0 Å². The van der Waals surface area contributed by atoms with Crippen LogP contribution in [0, 0.1) is 6.92 Å². The zero-order valence-corrected chi connectivity index (χ0v) is 12.5. The number of hydrazone groups is 1. The summed E-state index contributed by atoms with van der Waals surface area (Å²) < 4.78 is 7.40. The van der Waals surface area contributed by atoms with Crippen molar-refractivity contribution < 1.29 is 9.21 Å². The molecule has 5 nitrogen and oxygen atoms in total. The maximum atomic E-state index is 11.8. The number of rotatable bonds is 4. The number of hydrogen-bond donors (Lipinski definition) is 1. The van der Waals surface area contributed by atoms with Gasteiger partial charge in [0.15, 0.2) is 5.76 Å². The van der Waals surface area contributed by atoms with Gasteiger partial charge in [0.1, 0.15) is 5.76 Å². The maximum absolute atomic E-state index is 11.8. The SMILES string of the molecule is CCn1cc(/C=N\NC(=O)c2ccc(C)o2)c2ccccc21. The number of benzene rings is 1. The van der Waals surface area contributed by atoms with E-state index in [0.29, 0.717) is 5.76 Å². The summed E-state index contributed by atoms with van der Waals surface area (Å²) in [7, 11) is 0. The molecule has 0 unspecified atom stereocenters. The average Bonchev–Trinajstić information content (AvgIpc) is 3.11. The predicted octanol–water partition coefficient (Wildman–Crippen LogP) is 3.33. The summed E-state index contributed by atoms with van der Waals surface area (Å²) in [5, 5.41) is 5.13. The van der Waals surface area contributed by atoms with Crippen molar-refractivity contribution in [1.82, 2.24) is 9.99 Å². The zero-order valence-electron chi connectivity index (χ0n) is 12.5. The summed E-state index contributed by atoms with van der Waals surface area (Å²) in [6.07, 6.45) is 3.68. The average molecular weight is 295 g/mol. The van der Waals surface area contributed by atoms with Gasteiger partial charge in [-0.05, 0) is 32.0 Å². The Kier molecular flexibility index (Phi) is 3.78. The highest BCUT2D eigenvalue weighted by Crippen LogP contribution is 2.19. The minimum atomic E-state index is -0.358. The molecule has 2 aromatic heterocycles. The van der Waals surface area contributed by atoms with Crippen LogP contribution in [0.2, 0.25) is 0 Å². The van der Waals surface area contributed by atoms with Gasteiger partial charge in [-0.15, -0.1) is 0 Å². The summed E-state index contributed by atoms with van der Waals surface area (Å²) in [5.41, 5.74) is 4.60. The second kappa shape index (κ2) is 5.89. The standard InChI is InChI=1S/C17H17N3O2/c1-3-20-11-13(14-6-4-5-7-15(14)20)10-18-19-17(21)16-9-8-12(2)22-16/h4-11H,3H2,1-2H3,(H,19,21)/b18-10-. The molecule has 0 aliphatic heterocycles. The Morgan fingerprint density at radius 3 is 2.86 bits per heavy atom. The monoisotopic (exact) mass is 295 g/mol. The van der Waals surface area contributed by atoms with Crippen molar-refractivity contribution in [2.24, 2.45) is 5.10 Å². The van der Waals surface area contributed by atoms with Crippen LogP contribution < -0.4 is 5.43 Å². The normalized spacial score (nSPS) is 11.4. The first-order chi connectivity index (χ1) is 10.7. The van der Waals surface area contributed by atoms with Crippen molar-refractivity contribution in [2.45, 2.75) is 20.4 Å². The number of nitrogens with one attached hydrogen (secondary N) is 1. The molecule has 2 heterocycles. The molecule has 0 bridgehead atoms. The van der Waals surface area contributed by atoms with Crippen molar-refractivity contribution in [3.63, 3.8) is 0 Å². The molecule has 22 heavy (non-hydrogen) atoms. The molecular weight excluding hydrogens is 278 g/mol. The van der Waals surface area contributed by atoms with Crippen LogP contribution in [0.15, 0.2) is 52.1 Å². The van der Waals surface area contributed by atoms with Gasteiger partial charge in [-0.2, -0.15) is 5.10 Å². The van der Waals surface area contributed by atoms with E-state index in [0.717, 1.165) is 23.0 Å². The Morgan fingerprint density at radius 2 is 2.14 bits per heavy atom. The van der Waals surface area contributed by atoms with E-state index in [9.17, 15) is 4.79 Å². The quantitative estimate of drug-likeness (QED) is 0.593. The molecule has 1 N–H and O–H groups in total. The van der Waals surface area contributed by atoms with Gasteiger partial charge in [-0.3, -0.25) is 4.79 Å². The number of carbonyl (C=O) groups is 1. The Labute approximate surface area is 128 Å². The van der Waals surface area contributed by atoms with Crippen molar-refractivity contribution in [3.8, 4) is 0 Å². The topological polar surface area (TPSA) is 59.5 Å². The molecule has 1 amide bonds. The van der Waals surface area contributed by atoms with Crippen LogP contribution in [0.3, 0.4) is 0 Å². The van der Waals surface area contributed by atoms with Crippen LogP contribution in [0.4, 0.5) is 0 Å². The number of aryl methyl sites for hydroxylation is 2. The van der Waals surface area contributed by atoms with Crippen LogP contribution in [-0.4, -0.2) is 16.7 Å². The Bertz CT molecular complexity index is 843. The second-order valence-corrected chi connectivity index (χ2v) is 5.00. The number of furan rings is 1. The first-order valence-corrected chi connectivity index (χ1v) is 7.16. The van der Waals surface area contributed by atoms with Gasteiger partial charge in [-0.25, -0.2) is 5.43 Å². The lowest BCUT2D eigenvalue weighted by Crippen LogP contribution is -2.16. The Balaban J connectivity index is 1.80. The van der Waals surface area contributed by atoms with E-state index >= 15 is 0 Å². The van der Waals surface area contributed by atoms with E-state index in [2.05, 4.69) is 28.1 Å². The fourth-order valence-corrected chi connectivity index (χ4v) is 2.41. The lowest BCUT2D eigenvalue weighted by molar-refractivity contribution is 0.0926. The highest BCUT2D eigenvalue weighted by atomic mass is 16.3. The fraction of sp³-hybridized carbons (Fsp3) is 0.176. The van der Waals surface area contributed by atoms with Crippen LogP contribution in [0.25, 0.3) is 10.9 Å². The number of nitrogens with zero attached hydrogens (tertiary/aromatic N) is 2. The highest BCUT2D eigenvalue weighted by molar-refractivity contribution is 6.00. The second-order valence-electron chi connectivity index (χ2n) is 5.00. The predicted molar refractivity (Wildman–Crippen MR) is 86.1 cm³/mol. The lowest BCUT2D eigenvalue weighted by atomic mass is 10.2. The van der Waals surface area contributed by atoms with E-state index in [1.807, 2.05) is 24.4 Å². The Hall–Kier alpha value is -2.82. The van der Waals surface area contributed by atoms with Gasteiger partial charge in [0.2, 0.25) is 0 Å². The summed E-state index contributed by atoms with van der Waals surface area (Å²) in [6.45, 7) is 4.76. The van der Waals surface area contributed by atoms with Gasteiger partial charge < -0.3 is 8.98 Å². The minimum absolute atomic E-state index is 0.255. The van der Waals surface area contributed by atoms with Gasteiger partial charge >= 0.3 is 5.91 Å². The number of hydrogen-bond acceptors (Lipinski definition) is 3. The molecular formula is C17H17N3O2. The fourth-order valence-electron chi connectivity index (χ4n) is 2.41. The minimum Gasteiger partial charge on any atom is -0.456 e. The van der Waals surface area contributed by atoms with E-state index in [-0.39, 0.29) is 11.7 Å². The van der Waals surface area contributed by atoms with Gasteiger partial charge in [0, 0.05) is 29.2 Å². The number of carbonyl (C=O) groups excluding carboxylic acids is 1. The first-order valence-electron chi connectivity index (χ1n) is 7.16. The van der Waals surface area contributed by atoms with Crippen LogP contribution in [0.1, 0.15) is 28.8 Å². The molecule has 0 saturated carbocycles. The largest absolute Gasteiger partial charge is 0.456 e. The van der Waals surface area contributed by atoms with Gasteiger partial charge in [0.05, 0.1) is 6.21 Å². The number of fused-ring (bicyclic) bond motifs is 1. The molecule has 1 aromatic carbocycles. The third-order valence-corrected chi connectivity index (χ3v) is 3.49. The van der Waals surface area contributed by atoms with Gasteiger partial charge in [0.25, 0.3) is 0 Å². The smallest absolute Gasteiger partial charge is 0.307 e. The molecule has 0 saturated heterocycles. The Morgan fingerprint density at radius 1 is 1.32 bits per heavy atom. The molecule has 0 aliphatic rings. The summed E-state index contributed by atoms with van der Waals surface area (Å²) in [5.74, 6) is 0.592. The van der Waals surface area contributed by atoms with Crippen molar-refractivity contribution in [2.75, 3.05) is 0 Å². The highest BCUT2D eigenvalue weighted by Gasteiger charge is 2.09. The molecule has 3 aromatic rings. The van der Waals surface area contributed by atoms with Crippen molar-refractivity contribution in [3.05, 3.63) is 59.7 Å². The van der Waals surface area contributed by atoms with Crippen LogP contribution in [0.5, 0.6) is 0 Å². The molecule has 5 heteroatoms. The summed E-state index contributed by atoms with van der Waals surface area (Å²) >= 11 is 0. The van der Waals surface area contributed by atoms with Crippen molar-refractivity contribution in [1.29, 1.82) is 0 Å². The van der Waals surface area contributed by atoms with Crippen LogP contribution in [-0.2, 0) is 6.54 Å². The zero-order chi connectivity index (χ0) is 15.5. The number of aromatic nitrogens is 1. The molecule has 0 atom stereocenters. The lowest BCUT2D eigenvalue weighted by Gasteiger charge is -1.97. The van der Waals surface area contributed by atoms with E-state index in [1.165, 1.54) is 0 Å². The summed E-state index contributed by atoms with van der Waals surface area (Å²) in [6, 6.07) is 11.5. The van der Waals surface area contributed by atoms with Crippen LogP contribution >= 0.6 is 0 Å². The summed E-state index contributed by atoms with van der Waals surface area (Å²) in [4.78, 5) is 11.8. The maximum Gasteiger partial charge on any atom is 0.307 e. The number of amides is 1. The number of para-hydroxylation sites is 1. The molecule has 0 spiro atoms. The first kappa shape index (κ1) is 14.1. The van der Waals surface area contributed by atoms with Gasteiger partial charge in [-0.1, -0.05) is 18.2 Å². The molecule has 0 aliphatic carbocycles. The molecule has 3 rings (SSSR count). The van der Waals surface area contributed by atoms with E-state index in [4.69, 9.17) is 4.42 Å².